The van der Waals surface area contributed by atoms with Gasteiger partial charge in [0.25, 0.3) is 0 Å². The van der Waals surface area contributed by atoms with Crippen molar-refractivity contribution in [2.75, 3.05) is 24.7 Å². The summed E-state index contributed by atoms with van der Waals surface area (Å²) in [5.41, 5.74) is -0.813. The third kappa shape index (κ3) is 4.50. The average Bonchev–Trinajstić information content (AvgIpc) is 2.55. The lowest BCUT2D eigenvalue weighted by Gasteiger charge is -2.20. The molecule has 0 unspecified atom stereocenters. The zero-order valence-electron chi connectivity index (χ0n) is 13.6. The highest BCUT2D eigenvalue weighted by atomic mass is 19.2. The molecule has 0 aliphatic heterocycles. The van der Waals surface area contributed by atoms with Gasteiger partial charge in [0.05, 0.1) is 18.9 Å². The fourth-order valence-electron chi connectivity index (χ4n) is 1.83. The van der Waals surface area contributed by atoms with Gasteiger partial charge < -0.3 is 14.4 Å². The summed E-state index contributed by atoms with van der Waals surface area (Å²) in [5.74, 6) is -6.34. The summed E-state index contributed by atoms with van der Waals surface area (Å²) in [6.45, 7) is 4.78. The molecule has 8 heteroatoms. The maximum atomic E-state index is 13.9. The molecule has 0 fully saturated rings. The van der Waals surface area contributed by atoms with Gasteiger partial charge >= 0.3 is 11.9 Å². The van der Waals surface area contributed by atoms with Crippen LogP contribution in [0.5, 0.6) is 0 Å². The Morgan fingerprint density at radius 2 is 1.54 bits per heavy atom. The van der Waals surface area contributed by atoms with E-state index in [0.29, 0.717) is 0 Å². The van der Waals surface area contributed by atoms with Crippen LogP contribution in [0.15, 0.2) is 23.9 Å². The molecule has 0 aromatic heterocycles. The number of halogens is 3. The van der Waals surface area contributed by atoms with E-state index in [2.05, 4.69) is 0 Å². The highest BCUT2D eigenvalue weighted by Gasteiger charge is 2.24. The van der Waals surface area contributed by atoms with Crippen LogP contribution in [0.4, 0.5) is 18.9 Å². The summed E-state index contributed by atoms with van der Waals surface area (Å²) in [6, 6.07) is 1.75. The zero-order valence-corrected chi connectivity index (χ0v) is 13.6. The van der Waals surface area contributed by atoms with Crippen LogP contribution in [0.1, 0.15) is 20.8 Å². The molecule has 0 saturated heterocycles. The van der Waals surface area contributed by atoms with Crippen molar-refractivity contribution in [3.05, 3.63) is 41.4 Å². The van der Waals surface area contributed by atoms with Crippen molar-refractivity contribution in [1.29, 1.82) is 0 Å². The van der Waals surface area contributed by atoms with Crippen molar-refractivity contribution in [3.63, 3.8) is 0 Å². The molecule has 0 radical (unpaired) electrons. The average molecular weight is 345 g/mol. The van der Waals surface area contributed by atoms with Gasteiger partial charge in [0.15, 0.2) is 23.0 Å². The number of anilines is 1. The molecule has 0 atom stereocenters. The van der Waals surface area contributed by atoms with Gasteiger partial charge in [-0.05, 0) is 32.9 Å². The topological polar surface area (TPSA) is 55.8 Å². The van der Waals surface area contributed by atoms with E-state index >= 15 is 0 Å². The first-order valence-corrected chi connectivity index (χ1v) is 7.33. The van der Waals surface area contributed by atoms with Crippen LogP contribution < -0.4 is 4.90 Å². The van der Waals surface area contributed by atoms with E-state index < -0.39 is 35.0 Å². The third-order valence-corrected chi connectivity index (χ3v) is 2.94. The summed E-state index contributed by atoms with van der Waals surface area (Å²) in [6.07, 6.45) is 0.992. The number of ether oxygens (including phenoxy) is 2. The predicted octanol–water partition coefficient (Wildman–Crippen LogP) is 2.94. The van der Waals surface area contributed by atoms with E-state index in [-0.39, 0.29) is 25.4 Å². The Bertz CT molecular complexity index is 626. The molecular formula is C16H18F3NO4. The van der Waals surface area contributed by atoms with Crippen LogP contribution in [-0.2, 0) is 19.1 Å². The lowest BCUT2D eigenvalue weighted by atomic mass is 10.2. The third-order valence-electron chi connectivity index (χ3n) is 2.94. The molecule has 0 saturated carbocycles. The molecule has 5 nitrogen and oxygen atoms in total. The quantitative estimate of drug-likeness (QED) is 0.250. The molecule has 1 aromatic rings. The smallest absolute Gasteiger partial charge is 0.347 e. The summed E-state index contributed by atoms with van der Waals surface area (Å²) >= 11 is 0. The molecule has 0 amide bonds. The summed E-state index contributed by atoms with van der Waals surface area (Å²) in [7, 11) is 0. The number of hydrogen-bond acceptors (Lipinski definition) is 5. The molecule has 0 heterocycles. The molecule has 1 rings (SSSR count). The molecule has 1 aromatic carbocycles. The summed E-state index contributed by atoms with van der Waals surface area (Å²) in [4.78, 5) is 24.9. The zero-order chi connectivity index (χ0) is 18.3. The van der Waals surface area contributed by atoms with Gasteiger partial charge in [-0.25, -0.2) is 22.8 Å². The van der Waals surface area contributed by atoms with Gasteiger partial charge in [0.2, 0.25) is 0 Å². The normalized spacial score (nSPS) is 10.1. The molecule has 0 spiro atoms. The minimum atomic E-state index is -1.65. The Balaban J connectivity index is 3.33. The first-order chi connectivity index (χ1) is 11.4. The van der Waals surface area contributed by atoms with E-state index in [1.807, 2.05) is 0 Å². The minimum Gasteiger partial charge on any atom is -0.462 e. The second-order valence-electron chi connectivity index (χ2n) is 4.46. The second kappa shape index (κ2) is 8.95. The molecule has 0 aliphatic rings. The van der Waals surface area contributed by atoms with Crippen LogP contribution in [0.3, 0.4) is 0 Å². The SMILES string of the molecule is CCOC(=O)C(=CN(CC)c1ccc(F)c(F)c1F)C(=O)OCC. The molecule has 0 bridgehead atoms. The fourth-order valence-corrected chi connectivity index (χ4v) is 1.83. The van der Waals surface area contributed by atoms with Crippen molar-refractivity contribution < 1.29 is 32.2 Å². The van der Waals surface area contributed by atoms with Gasteiger partial charge in [-0.1, -0.05) is 0 Å². The molecular weight excluding hydrogens is 327 g/mol. The minimum absolute atomic E-state index is 0.0151. The van der Waals surface area contributed by atoms with Gasteiger partial charge in [0.1, 0.15) is 0 Å². The van der Waals surface area contributed by atoms with Crippen LogP contribution in [0, 0.1) is 17.5 Å². The first kappa shape index (κ1) is 19.5. The highest BCUT2D eigenvalue weighted by molar-refractivity contribution is 6.14. The van der Waals surface area contributed by atoms with Crippen molar-refractivity contribution in [2.45, 2.75) is 20.8 Å². The highest BCUT2D eigenvalue weighted by Crippen LogP contribution is 2.24. The van der Waals surface area contributed by atoms with Crippen LogP contribution in [-0.4, -0.2) is 31.7 Å². The fraction of sp³-hybridized carbons (Fsp3) is 0.375. The van der Waals surface area contributed by atoms with Crippen LogP contribution in [0.2, 0.25) is 0 Å². The number of hydrogen-bond donors (Lipinski definition) is 0. The predicted molar refractivity (Wildman–Crippen MR) is 80.7 cm³/mol. The number of benzene rings is 1. The number of rotatable bonds is 7. The van der Waals surface area contributed by atoms with E-state index in [9.17, 15) is 22.8 Å². The van der Waals surface area contributed by atoms with Crippen molar-refractivity contribution >= 4 is 17.6 Å². The lowest BCUT2D eigenvalue weighted by Crippen LogP contribution is -2.25. The van der Waals surface area contributed by atoms with Crippen LogP contribution in [0.25, 0.3) is 0 Å². The van der Waals surface area contributed by atoms with Gasteiger partial charge in [-0.15, -0.1) is 0 Å². The monoisotopic (exact) mass is 345 g/mol. The van der Waals surface area contributed by atoms with E-state index in [1.54, 1.807) is 20.8 Å². The van der Waals surface area contributed by atoms with Crippen molar-refractivity contribution in [1.82, 2.24) is 0 Å². The number of nitrogens with zero attached hydrogens (tertiary/aromatic N) is 1. The summed E-state index contributed by atoms with van der Waals surface area (Å²) in [5, 5.41) is 0. The lowest BCUT2D eigenvalue weighted by molar-refractivity contribution is -0.146. The Hall–Kier alpha value is -2.51. The largest absolute Gasteiger partial charge is 0.462 e. The van der Waals surface area contributed by atoms with E-state index in [1.165, 1.54) is 0 Å². The van der Waals surface area contributed by atoms with E-state index in [4.69, 9.17) is 9.47 Å². The van der Waals surface area contributed by atoms with Crippen LogP contribution >= 0.6 is 0 Å². The van der Waals surface area contributed by atoms with Gasteiger partial charge in [0, 0.05) is 12.7 Å². The number of esters is 2. The first-order valence-electron chi connectivity index (χ1n) is 7.33. The standard InChI is InChI=1S/C16H18F3NO4/c1-4-20(12-8-7-11(17)13(18)14(12)19)9-10(15(21)23-5-2)16(22)24-6-3/h7-9H,4-6H2,1-3H3. The maximum Gasteiger partial charge on any atom is 0.347 e. The maximum absolute atomic E-state index is 13.9. The molecule has 0 aliphatic carbocycles. The van der Waals surface area contributed by atoms with Crippen molar-refractivity contribution in [2.24, 2.45) is 0 Å². The number of carbonyl (C=O) groups is 2. The molecule has 24 heavy (non-hydrogen) atoms. The van der Waals surface area contributed by atoms with E-state index in [0.717, 1.165) is 23.2 Å². The van der Waals surface area contributed by atoms with Gasteiger partial charge in [-0.2, -0.15) is 0 Å². The number of carbonyl (C=O) groups excluding carboxylic acids is 2. The molecule has 0 N–H and O–H groups in total. The Kier molecular flexibility index (Phi) is 7.29. The second-order valence-corrected chi connectivity index (χ2v) is 4.46. The van der Waals surface area contributed by atoms with Gasteiger partial charge in [-0.3, -0.25) is 0 Å². The Morgan fingerprint density at radius 1 is 1.00 bits per heavy atom. The van der Waals surface area contributed by atoms with Crippen molar-refractivity contribution in [3.8, 4) is 0 Å². The molecule has 132 valence electrons. The Morgan fingerprint density at radius 3 is 2.00 bits per heavy atom. The summed E-state index contributed by atoms with van der Waals surface area (Å²) < 4.78 is 49.9. The Labute approximate surface area is 137 Å².